The number of hydrogen-bond donors (Lipinski definition) is 1. The predicted octanol–water partition coefficient (Wildman–Crippen LogP) is 2.22. The maximum Gasteiger partial charge on any atom is 0.0986 e. The van der Waals surface area contributed by atoms with Gasteiger partial charge in [-0.2, -0.15) is 5.10 Å². The zero-order valence-electron chi connectivity index (χ0n) is 9.72. The van der Waals surface area contributed by atoms with E-state index in [2.05, 4.69) is 42.9 Å². The number of aryl methyl sites for hydroxylation is 1. The molecule has 0 aliphatic carbocycles. The number of nitrogens with zero attached hydrogens (tertiary/aromatic N) is 4. The van der Waals surface area contributed by atoms with Gasteiger partial charge in [0.25, 0.3) is 0 Å². The van der Waals surface area contributed by atoms with Crippen LogP contribution >= 0.6 is 27.5 Å². The summed E-state index contributed by atoms with van der Waals surface area (Å²) in [5, 5.41) is 13.7. The number of rotatable bonds is 5. The van der Waals surface area contributed by atoms with Crippen LogP contribution in [0.2, 0.25) is 0 Å². The fourth-order valence-electron chi connectivity index (χ4n) is 1.77. The first kappa shape index (κ1) is 12.7. The molecule has 0 aliphatic rings. The van der Waals surface area contributed by atoms with E-state index in [1.165, 1.54) is 11.5 Å². The van der Waals surface area contributed by atoms with Gasteiger partial charge < -0.3 is 5.32 Å². The first-order chi connectivity index (χ1) is 8.27. The minimum atomic E-state index is 0.0252. The lowest BCUT2D eigenvalue weighted by Gasteiger charge is -2.16. The highest BCUT2D eigenvalue weighted by molar-refractivity contribution is 9.10. The van der Waals surface area contributed by atoms with E-state index in [-0.39, 0.29) is 6.04 Å². The molecule has 92 valence electrons. The quantitative estimate of drug-likeness (QED) is 0.919. The summed E-state index contributed by atoms with van der Waals surface area (Å²) < 4.78 is 6.92. The standard InChI is InChI=1S/C10H14BrN5S/c1-3-4-16-10(7(11)5-13-16)9(12-2)8-6-17-15-14-8/h5-6,9,12H,3-4H2,1-2H3. The Kier molecular flexibility index (Phi) is 4.25. The molecular formula is C10H14BrN5S. The molecule has 5 nitrogen and oxygen atoms in total. The molecule has 1 unspecified atom stereocenters. The van der Waals surface area contributed by atoms with E-state index in [0.717, 1.165) is 28.8 Å². The van der Waals surface area contributed by atoms with Gasteiger partial charge in [-0.1, -0.05) is 11.4 Å². The third kappa shape index (κ3) is 2.56. The summed E-state index contributed by atoms with van der Waals surface area (Å²) in [5.41, 5.74) is 2.03. The highest BCUT2D eigenvalue weighted by atomic mass is 79.9. The normalized spacial score (nSPS) is 12.9. The fraction of sp³-hybridized carbons (Fsp3) is 0.500. The van der Waals surface area contributed by atoms with Gasteiger partial charge in [0.05, 0.1) is 28.1 Å². The summed E-state index contributed by atoms with van der Waals surface area (Å²) >= 11 is 4.91. The number of nitrogens with one attached hydrogen (secondary N) is 1. The highest BCUT2D eigenvalue weighted by Gasteiger charge is 2.22. The molecule has 2 heterocycles. The molecule has 0 saturated carbocycles. The Morgan fingerprint density at radius 1 is 1.59 bits per heavy atom. The van der Waals surface area contributed by atoms with Crippen LogP contribution in [-0.4, -0.2) is 26.4 Å². The number of halogens is 1. The smallest absolute Gasteiger partial charge is 0.0986 e. The van der Waals surface area contributed by atoms with Crippen molar-refractivity contribution < 1.29 is 0 Å². The Balaban J connectivity index is 2.39. The topological polar surface area (TPSA) is 55.6 Å². The van der Waals surface area contributed by atoms with Crippen molar-refractivity contribution in [3.63, 3.8) is 0 Å². The average molecular weight is 316 g/mol. The number of hydrogen-bond acceptors (Lipinski definition) is 5. The first-order valence-electron chi connectivity index (χ1n) is 5.43. The zero-order valence-corrected chi connectivity index (χ0v) is 12.1. The van der Waals surface area contributed by atoms with Gasteiger partial charge in [-0.05, 0) is 40.9 Å². The van der Waals surface area contributed by atoms with Gasteiger partial charge in [0.15, 0.2) is 0 Å². The van der Waals surface area contributed by atoms with E-state index in [1.807, 2.05) is 23.3 Å². The molecule has 0 amide bonds. The van der Waals surface area contributed by atoms with Crippen molar-refractivity contribution in [1.82, 2.24) is 24.7 Å². The van der Waals surface area contributed by atoms with Crippen molar-refractivity contribution in [3.05, 3.63) is 27.4 Å². The summed E-state index contributed by atoms with van der Waals surface area (Å²) in [6.45, 7) is 3.04. The predicted molar refractivity (Wildman–Crippen MR) is 71.0 cm³/mol. The van der Waals surface area contributed by atoms with Gasteiger partial charge in [0.2, 0.25) is 0 Å². The van der Waals surface area contributed by atoms with Crippen LogP contribution in [0.25, 0.3) is 0 Å². The van der Waals surface area contributed by atoms with E-state index in [0.29, 0.717) is 0 Å². The van der Waals surface area contributed by atoms with E-state index in [1.54, 1.807) is 0 Å². The third-order valence-electron chi connectivity index (χ3n) is 2.50. The van der Waals surface area contributed by atoms with Crippen molar-refractivity contribution in [1.29, 1.82) is 0 Å². The molecule has 0 radical (unpaired) electrons. The van der Waals surface area contributed by atoms with Crippen LogP contribution in [0.4, 0.5) is 0 Å². The molecule has 2 aromatic rings. The molecule has 2 aromatic heterocycles. The molecule has 0 aromatic carbocycles. The second-order valence-corrected chi connectivity index (χ2v) is 5.12. The summed E-state index contributed by atoms with van der Waals surface area (Å²) in [7, 11) is 1.92. The van der Waals surface area contributed by atoms with Gasteiger partial charge >= 0.3 is 0 Å². The van der Waals surface area contributed by atoms with Gasteiger partial charge in [-0.15, -0.1) is 5.10 Å². The summed E-state index contributed by atoms with van der Waals surface area (Å²) in [6.07, 6.45) is 2.88. The molecule has 0 fully saturated rings. The Labute approximate surface area is 113 Å². The third-order valence-corrected chi connectivity index (χ3v) is 3.64. The minimum absolute atomic E-state index is 0.0252. The van der Waals surface area contributed by atoms with Crippen LogP contribution in [0.5, 0.6) is 0 Å². The summed E-state index contributed by atoms with van der Waals surface area (Å²) in [5.74, 6) is 0. The maximum absolute atomic E-state index is 4.37. The molecule has 17 heavy (non-hydrogen) atoms. The summed E-state index contributed by atoms with van der Waals surface area (Å²) in [4.78, 5) is 0. The second-order valence-electron chi connectivity index (χ2n) is 3.65. The Hall–Kier alpha value is -0.790. The van der Waals surface area contributed by atoms with Crippen molar-refractivity contribution in [3.8, 4) is 0 Å². The van der Waals surface area contributed by atoms with Crippen LogP contribution in [0.1, 0.15) is 30.8 Å². The molecule has 1 N–H and O–H groups in total. The van der Waals surface area contributed by atoms with E-state index >= 15 is 0 Å². The van der Waals surface area contributed by atoms with Gasteiger partial charge in [-0.25, -0.2) is 0 Å². The number of aromatic nitrogens is 4. The maximum atomic E-state index is 4.37. The lowest BCUT2D eigenvalue weighted by molar-refractivity contribution is 0.528. The van der Waals surface area contributed by atoms with Crippen LogP contribution < -0.4 is 5.32 Å². The lowest BCUT2D eigenvalue weighted by Crippen LogP contribution is -2.22. The molecule has 0 aliphatic heterocycles. The van der Waals surface area contributed by atoms with Crippen molar-refractivity contribution >= 4 is 27.5 Å². The second kappa shape index (κ2) is 5.70. The molecular weight excluding hydrogens is 302 g/mol. The minimum Gasteiger partial charge on any atom is -0.307 e. The van der Waals surface area contributed by atoms with Crippen LogP contribution in [0.3, 0.4) is 0 Å². The van der Waals surface area contributed by atoms with E-state index in [4.69, 9.17) is 0 Å². The highest BCUT2D eigenvalue weighted by Crippen LogP contribution is 2.27. The van der Waals surface area contributed by atoms with Gasteiger partial charge in [-0.3, -0.25) is 4.68 Å². The molecule has 0 saturated heterocycles. The van der Waals surface area contributed by atoms with Crippen molar-refractivity contribution in [2.24, 2.45) is 0 Å². The summed E-state index contributed by atoms with van der Waals surface area (Å²) in [6, 6.07) is 0.0252. The molecule has 0 bridgehead atoms. The Morgan fingerprint density at radius 3 is 3.00 bits per heavy atom. The van der Waals surface area contributed by atoms with E-state index in [9.17, 15) is 0 Å². The molecule has 1 atom stereocenters. The largest absolute Gasteiger partial charge is 0.307 e. The Morgan fingerprint density at radius 2 is 2.41 bits per heavy atom. The van der Waals surface area contributed by atoms with Crippen LogP contribution in [0.15, 0.2) is 16.0 Å². The Bertz CT molecular complexity index is 467. The monoisotopic (exact) mass is 315 g/mol. The molecule has 0 spiro atoms. The lowest BCUT2D eigenvalue weighted by atomic mass is 10.1. The van der Waals surface area contributed by atoms with Crippen molar-refractivity contribution in [2.45, 2.75) is 25.9 Å². The van der Waals surface area contributed by atoms with Crippen molar-refractivity contribution in [2.75, 3.05) is 7.05 Å². The average Bonchev–Trinajstić information content (AvgIpc) is 2.94. The van der Waals surface area contributed by atoms with E-state index < -0.39 is 0 Å². The zero-order chi connectivity index (χ0) is 12.3. The fourth-order valence-corrected chi connectivity index (χ4v) is 2.78. The molecule has 7 heteroatoms. The van der Waals surface area contributed by atoms with Gasteiger partial charge in [0, 0.05) is 11.9 Å². The van der Waals surface area contributed by atoms with Crippen LogP contribution in [0, 0.1) is 0 Å². The van der Waals surface area contributed by atoms with Gasteiger partial charge in [0.1, 0.15) is 0 Å². The first-order valence-corrected chi connectivity index (χ1v) is 7.06. The molecule has 2 rings (SSSR count). The SMILES string of the molecule is CCCn1ncc(Br)c1C(NC)c1csnn1. The van der Waals surface area contributed by atoms with Crippen LogP contribution in [-0.2, 0) is 6.54 Å².